The maximum Gasteiger partial charge on any atom is 0.252 e. The molecule has 0 heterocycles. The van der Waals surface area contributed by atoms with E-state index in [0.29, 0.717) is 0 Å². The molecule has 6 heteroatoms. The third kappa shape index (κ3) is 4.41. The van der Waals surface area contributed by atoms with Crippen LogP contribution in [0.25, 0.3) is 0 Å². The van der Waals surface area contributed by atoms with Crippen LogP contribution in [0.5, 0.6) is 0 Å². The van der Waals surface area contributed by atoms with Gasteiger partial charge in [-0.25, -0.2) is 4.39 Å². The molecule has 0 saturated carbocycles. The molecule has 0 saturated heterocycles. The SMILES string of the molecule is O=C(CCNC(=O)c1ccc(F)cc1Cl)NC1CCCc2ccccc21. The fourth-order valence-corrected chi connectivity index (χ4v) is 3.48. The Balaban J connectivity index is 1.50. The predicted molar refractivity (Wildman–Crippen MR) is 98.6 cm³/mol. The van der Waals surface area contributed by atoms with Gasteiger partial charge in [-0.3, -0.25) is 9.59 Å². The van der Waals surface area contributed by atoms with E-state index in [2.05, 4.69) is 22.8 Å². The molecule has 1 aliphatic carbocycles. The summed E-state index contributed by atoms with van der Waals surface area (Å²) in [5.41, 5.74) is 2.65. The topological polar surface area (TPSA) is 58.2 Å². The van der Waals surface area contributed by atoms with E-state index in [1.807, 2.05) is 12.1 Å². The zero-order chi connectivity index (χ0) is 18.5. The Bertz CT molecular complexity index is 825. The molecule has 0 spiro atoms. The van der Waals surface area contributed by atoms with E-state index in [1.54, 1.807) is 0 Å². The van der Waals surface area contributed by atoms with Crippen molar-refractivity contribution in [1.82, 2.24) is 10.6 Å². The van der Waals surface area contributed by atoms with Crippen LogP contribution in [0.15, 0.2) is 42.5 Å². The van der Waals surface area contributed by atoms with Crippen LogP contribution in [0.1, 0.15) is 46.8 Å². The minimum atomic E-state index is -0.501. The number of hydrogen-bond donors (Lipinski definition) is 2. The van der Waals surface area contributed by atoms with Gasteiger partial charge in [0.05, 0.1) is 16.6 Å². The van der Waals surface area contributed by atoms with Crippen molar-refractivity contribution in [2.24, 2.45) is 0 Å². The van der Waals surface area contributed by atoms with Crippen molar-refractivity contribution in [2.75, 3.05) is 6.54 Å². The monoisotopic (exact) mass is 374 g/mol. The van der Waals surface area contributed by atoms with Gasteiger partial charge in [-0.1, -0.05) is 35.9 Å². The molecule has 26 heavy (non-hydrogen) atoms. The summed E-state index contributed by atoms with van der Waals surface area (Å²) in [5.74, 6) is -1.04. The van der Waals surface area contributed by atoms with Crippen LogP contribution in [0.2, 0.25) is 5.02 Å². The number of halogens is 2. The summed E-state index contributed by atoms with van der Waals surface area (Å²) in [7, 11) is 0. The van der Waals surface area contributed by atoms with E-state index >= 15 is 0 Å². The highest BCUT2D eigenvalue weighted by Crippen LogP contribution is 2.29. The smallest absolute Gasteiger partial charge is 0.252 e. The van der Waals surface area contributed by atoms with Crippen molar-refractivity contribution in [3.63, 3.8) is 0 Å². The molecule has 0 radical (unpaired) electrons. The van der Waals surface area contributed by atoms with Gasteiger partial charge in [-0.15, -0.1) is 0 Å². The molecule has 1 unspecified atom stereocenters. The molecule has 136 valence electrons. The molecule has 0 fully saturated rings. The Hall–Kier alpha value is -2.40. The largest absolute Gasteiger partial charge is 0.351 e. The van der Waals surface area contributed by atoms with E-state index in [4.69, 9.17) is 11.6 Å². The number of carbonyl (C=O) groups excluding carboxylic acids is 2. The summed E-state index contributed by atoms with van der Waals surface area (Å²) in [4.78, 5) is 24.3. The van der Waals surface area contributed by atoms with E-state index in [0.717, 1.165) is 25.3 Å². The van der Waals surface area contributed by atoms with Gasteiger partial charge in [-0.05, 0) is 48.6 Å². The molecule has 2 amide bonds. The van der Waals surface area contributed by atoms with Crippen molar-refractivity contribution in [2.45, 2.75) is 31.7 Å². The summed E-state index contributed by atoms with van der Waals surface area (Å²) in [6.45, 7) is 0.187. The highest BCUT2D eigenvalue weighted by Gasteiger charge is 2.21. The molecule has 2 N–H and O–H groups in total. The summed E-state index contributed by atoms with van der Waals surface area (Å²) in [6, 6.07) is 11.8. The maximum absolute atomic E-state index is 13.0. The fraction of sp³-hybridized carbons (Fsp3) is 0.300. The summed E-state index contributed by atoms with van der Waals surface area (Å²) >= 11 is 5.86. The molecular formula is C20H20ClFN2O2. The van der Waals surface area contributed by atoms with Crippen LogP contribution in [-0.4, -0.2) is 18.4 Å². The van der Waals surface area contributed by atoms with Crippen LogP contribution < -0.4 is 10.6 Å². The van der Waals surface area contributed by atoms with Crippen molar-refractivity contribution in [1.29, 1.82) is 0 Å². The lowest BCUT2D eigenvalue weighted by Gasteiger charge is -2.26. The molecule has 0 aliphatic heterocycles. The van der Waals surface area contributed by atoms with Gasteiger partial charge in [0.15, 0.2) is 0 Å². The standard InChI is InChI=1S/C20H20ClFN2O2/c21-17-12-14(22)8-9-16(17)20(26)23-11-10-19(25)24-18-7-3-5-13-4-1-2-6-15(13)18/h1-2,4,6,8-9,12,18H,3,5,7,10-11H2,(H,23,26)(H,24,25). The van der Waals surface area contributed by atoms with Gasteiger partial charge < -0.3 is 10.6 Å². The first-order valence-corrected chi connectivity index (χ1v) is 9.03. The minimum absolute atomic E-state index is 0.0229. The number of fused-ring (bicyclic) bond motifs is 1. The van der Waals surface area contributed by atoms with Crippen LogP contribution in [0.4, 0.5) is 4.39 Å². The Morgan fingerprint density at radius 2 is 2.00 bits per heavy atom. The summed E-state index contributed by atoms with van der Waals surface area (Å²) in [5, 5.41) is 5.73. The highest BCUT2D eigenvalue weighted by atomic mass is 35.5. The van der Waals surface area contributed by atoms with E-state index in [-0.39, 0.29) is 35.5 Å². The molecular weight excluding hydrogens is 355 g/mol. The number of nitrogens with one attached hydrogen (secondary N) is 2. The lowest BCUT2D eigenvalue weighted by molar-refractivity contribution is -0.121. The van der Waals surface area contributed by atoms with E-state index < -0.39 is 11.7 Å². The maximum atomic E-state index is 13.0. The molecule has 3 rings (SSSR count). The van der Waals surface area contributed by atoms with Crippen molar-refractivity contribution in [3.8, 4) is 0 Å². The molecule has 2 aromatic rings. The van der Waals surface area contributed by atoms with E-state index in [1.165, 1.54) is 23.3 Å². The lowest BCUT2D eigenvalue weighted by atomic mass is 9.88. The van der Waals surface area contributed by atoms with Crippen LogP contribution in [0, 0.1) is 5.82 Å². The number of aryl methyl sites for hydroxylation is 1. The van der Waals surface area contributed by atoms with Gasteiger partial charge in [0, 0.05) is 13.0 Å². The fourth-order valence-electron chi connectivity index (χ4n) is 3.23. The second kappa shape index (κ2) is 8.32. The van der Waals surface area contributed by atoms with Crippen LogP contribution in [0.3, 0.4) is 0 Å². The molecule has 2 aromatic carbocycles. The third-order valence-corrected chi connectivity index (χ3v) is 4.83. The quantitative estimate of drug-likeness (QED) is 0.836. The first kappa shape index (κ1) is 18.4. The average Bonchev–Trinajstić information content (AvgIpc) is 2.62. The van der Waals surface area contributed by atoms with Gasteiger partial charge in [-0.2, -0.15) is 0 Å². The lowest BCUT2D eigenvalue weighted by Crippen LogP contribution is -2.34. The van der Waals surface area contributed by atoms with Crippen molar-refractivity contribution >= 4 is 23.4 Å². The van der Waals surface area contributed by atoms with E-state index in [9.17, 15) is 14.0 Å². The molecule has 1 atom stereocenters. The first-order chi connectivity index (χ1) is 12.5. The van der Waals surface area contributed by atoms with Crippen LogP contribution >= 0.6 is 11.6 Å². The van der Waals surface area contributed by atoms with Crippen molar-refractivity contribution < 1.29 is 14.0 Å². The second-order valence-electron chi connectivity index (χ2n) is 6.34. The third-order valence-electron chi connectivity index (χ3n) is 4.52. The number of benzene rings is 2. The zero-order valence-electron chi connectivity index (χ0n) is 14.2. The Labute approximate surface area is 156 Å². The zero-order valence-corrected chi connectivity index (χ0v) is 15.0. The van der Waals surface area contributed by atoms with Gasteiger partial charge in [0.25, 0.3) is 5.91 Å². The summed E-state index contributed by atoms with van der Waals surface area (Å²) < 4.78 is 13.0. The Morgan fingerprint density at radius 1 is 1.19 bits per heavy atom. The average molecular weight is 375 g/mol. The predicted octanol–water partition coefficient (Wildman–Crippen LogP) is 3.79. The Morgan fingerprint density at radius 3 is 2.81 bits per heavy atom. The Kier molecular flexibility index (Phi) is 5.89. The van der Waals surface area contributed by atoms with Gasteiger partial charge in [0.2, 0.25) is 5.91 Å². The van der Waals surface area contributed by atoms with Crippen LogP contribution in [-0.2, 0) is 11.2 Å². The van der Waals surface area contributed by atoms with Gasteiger partial charge >= 0.3 is 0 Å². The summed E-state index contributed by atoms with van der Waals surface area (Å²) in [6.07, 6.45) is 3.17. The number of amides is 2. The first-order valence-electron chi connectivity index (χ1n) is 8.65. The molecule has 4 nitrogen and oxygen atoms in total. The molecule has 1 aliphatic rings. The molecule has 0 aromatic heterocycles. The minimum Gasteiger partial charge on any atom is -0.351 e. The normalized spacial score (nSPS) is 15.8. The number of rotatable bonds is 5. The number of carbonyl (C=O) groups is 2. The number of hydrogen-bond acceptors (Lipinski definition) is 2. The molecule has 0 bridgehead atoms. The highest BCUT2D eigenvalue weighted by molar-refractivity contribution is 6.33. The second-order valence-corrected chi connectivity index (χ2v) is 6.75. The van der Waals surface area contributed by atoms with Crippen molar-refractivity contribution in [3.05, 3.63) is 70.0 Å². The van der Waals surface area contributed by atoms with Gasteiger partial charge in [0.1, 0.15) is 5.82 Å².